The number of nitrogens with one attached hydrogen (secondary N) is 1. The van der Waals surface area contributed by atoms with Crippen LogP contribution in [0.5, 0.6) is 0 Å². The topological polar surface area (TPSA) is 81.9 Å². The fourth-order valence-electron chi connectivity index (χ4n) is 2.03. The maximum Gasteiger partial charge on any atom is 0.254 e. The summed E-state index contributed by atoms with van der Waals surface area (Å²) in [4.78, 5) is 16.6. The summed E-state index contributed by atoms with van der Waals surface area (Å²) < 4.78 is 6.92. The molecule has 0 aromatic carbocycles. The van der Waals surface area contributed by atoms with Gasteiger partial charge in [0.25, 0.3) is 5.91 Å². The van der Waals surface area contributed by atoms with Crippen molar-refractivity contribution < 1.29 is 9.53 Å². The van der Waals surface area contributed by atoms with Crippen LogP contribution in [0.4, 0.5) is 0 Å². The minimum atomic E-state index is -0.262. The lowest BCUT2D eigenvalue weighted by molar-refractivity contribution is 0.0933. The summed E-state index contributed by atoms with van der Waals surface area (Å²) in [6.07, 6.45) is 5.20. The molecule has 0 saturated carbocycles. The molecule has 2 aromatic heterocycles. The zero-order chi connectivity index (χ0) is 15.9. The molecule has 2 aromatic rings. The van der Waals surface area contributed by atoms with E-state index in [0.717, 1.165) is 0 Å². The standard InChI is InChI=1S/C14H19N5O2S/c1-10(12-18-16-9-19(12)7-8-21-2)17-13(20)11-5-4-6-15-14(11)22-3/h4-6,9-10H,7-8H2,1-3H3,(H,17,20). The largest absolute Gasteiger partial charge is 0.383 e. The van der Waals surface area contributed by atoms with E-state index in [4.69, 9.17) is 4.74 Å². The first-order valence-corrected chi connectivity index (χ1v) is 8.06. The van der Waals surface area contributed by atoms with E-state index in [1.54, 1.807) is 31.8 Å². The van der Waals surface area contributed by atoms with E-state index in [0.29, 0.717) is 29.6 Å². The van der Waals surface area contributed by atoms with E-state index in [1.165, 1.54) is 11.8 Å². The first kappa shape index (κ1) is 16.4. The van der Waals surface area contributed by atoms with Gasteiger partial charge in [-0.3, -0.25) is 4.79 Å². The van der Waals surface area contributed by atoms with Gasteiger partial charge in [-0.25, -0.2) is 4.98 Å². The van der Waals surface area contributed by atoms with Crippen LogP contribution in [0, 0.1) is 0 Å². The number of nitrogens with zero attached hydrogens (tertiary/aromatic N) is 4. The SMILES string of the molecule is COCCn1cnnc1C(C)NC(=O)c1cccnc1SC. The monoisotopic (exact) mass is 321 g/mol. The molecule has 0 saturated heterocycles. The molecular weight excluding hydrogens is 302 g/mol. The van der Waals surface area contributed by atoms with Crippen LogP contribution >= 0.6 is 11.8 Å². The number of hydrogen-bond acceptors (Lipinski definition) is 6. The molecule has 0 aliphatic heterocycles. The number of rotatable bonds is 7. The summed E-state index contributed by atoms with van der Waals surface area (Å²) in [5.41, 5.74) is 0.560. The molecule has 8 heteroatoms. The first-order chi connectivity index (χ1) is 10.7. The third-order valence-electron chi connectivity index (χ3n) is 3.13. The van der Waals surface area contributed by atoms with Gasteiger partial charge in [-0.15, -0.1) is 22.0 Å². The van der Waals surface area contributed by atoms with Gasteiger partial charge in [0.15, 0.2) is 5.82 Å². The van der Waals surface area contributed by atoms with Crippen LogP contribution in [-0.4, -0.2) is 45.6 Å². The molecule has 0 radical (unpaired) electrons. The van der Waals surface area contributed by atoms with Crippen LogP contribution in [0.2, 0.25) is 0 Å². The Morgan fingerprint density at radius 1 is 1.55 bits per heavy atom. The Labute approximate surface area is 133 Å². The molecule has 118 valence electrons. The van der Waals surface area contributed by atoms with Crippen LogP contribution in [0.25, 0.3) is 0 Å². The van der Waals surface area contributed by atoms with E-state index in [-0.39, 0.29) is 11.9 Å². The highest BCUT2D eigenvalue weighted by atomic mass is 32.2. The predicted octanol–water partition coefficient (Wildman–Crippen LogP) is 1.53. The Bertz CT molecular complexity index is 631. The second-order valence-electron chi connectivity index (χ2n) is 4.63. The number of hydrogen-bond donors (Lipinski definition) is 1. The van der Waals surface area contributed by atoms with Gasteiger partial charge in [0.2, 0.25) is 0 Å². The normalized spacial score (nSPS) is 12.1. The maximum absolute atomic E-state index is 12.4. The van der Waals surface area contributed by atoms with Gasteiger partial charge in [0, 0.05) is 19.9 Å². The maximum atomic E-state index is 12.4. The molecule has 0 aliphatic rings. The molecular formula is C14H19N5O2S. The van der Waals surface area contributed by atoms with Gasteiger partial charge >= 0.3 is 0 Å². The van der Waals surface area contributed by atoms with Crippen LogP contribution in [0.1, 0.15) is 29.1 Å². The summed E-state index contributed by atoms with van der Waals surface area (Å²) in [5.74, 6) is 0.520. The average Bonchev–Trinajstić information content (AvgIpc) is 3.01. The van der Waals surface area contributed by atoms with Gasteiger partial charge in [-0.05, 0) is 25.3 Å². The summed E-state index contributed by atoms with van der Waals surface area (Å²) in [5, 5.41) is 11.6. The molecule has 2 rings (SSSR count). The third kappa shape index (κ3) is 3.83. The average molecular weight is 321 g/mol. The number of amides is 1. The van der Waals surface area contributed by atoms with Crippen molar-refractivity contribution >= 4 is 17.7 Å². The molecule has 22 heavy (non-hydrogen) atoms. The second kappa shape index (κ2) is 7.90. The quantitative estimate of drug-likeness (QED) is 0.779. The molecule has 0 bridgehead atoms. The van der Waals surface area contributed by atoms with Crippen molar-refractivity contribution in [3.05, 3.63) is 36.0 Å². The van der Waals surface area contributed by atoms with Crippen molar-refractivity contribution in [2.75, 3.05) is 20.0 Å². The number of carbonyl (C=O) groups is 1. The van der Waals surface area contributed by atoms with Crippen molar-refractivity contribution in [2.24, 2.45) is 0 Å². The van der Waals surface area contributed by atoms with E-state index in [1.807, 2.05) is 17.7 Å². The molecule has 2 heterocycles. The lowest BCUT2D eigenvalue weighted by atomic mass is 10.2. The first-order valence-electron chi connectivity index (χ1n) is 6.84. The van der Waals surface area contributed by atoms with Crippen molar-refractivity contribution in [3.8, 4) is 0 Å². The number of methoxy groups -OCH3 is 1. The van der Waals surface area contributed by atoms with Gasteiger partial charge in [-0.2, -0.15) is 0 Å². The van der Waals surface area contributed by atoms with Crippen molar-refractivity contribution in [1.82, 2.24) is 25.1 Å². The number of ether oxygens (including phenoxy) is 1. The molecule has 0 fully saturated rings. The van der Waals surface area contributed by atoms with Crippen LogP contribution in [-0.2, 0) is 11.3 Å². The smallest absolute Gasteiger partial charge is 0.254 e. The van der Waals surface area contributed by atoms with Crippen molar-refractivity contribution in [3.63, 3.8) is 0 Å². The number of carbonyl (C=O) groups excluding carboxylic acids is 1. The summed E-state index contributed by atoms with van der Waals surface area (Å²) in [6.45, 7) is 3.08. The van der Waals surface area contributed by atoms with Crippen LogP contribution in [0.15, 0.2) is 29.7 Å². The minimum Gasteiger partial charge on any atom is -0.383 e. The lowest BCUT2D eigenvalue weighted by Crippen LogP contribution is -2.29. The highest BCUT2D eigenvalue weighted by molar-refractivity contribution is 7.98. The lowest BCUT2D eigenvalue weighted by Gasteiger charge is -2.15. The Hall–Kier alpha value is -1.93. The predicted molar refractivity (Wildman–Crippen MR) is 83.8 cm³/mol. The van der Waals surface area contributed by atoms with Crippen molar-refractivity contribution in [2.45, 2.75) is 24.5 Å². The van der Waals surface area contributed by atoms with E-state index < -0.39 is 0 Å². The van der Waals surface area contributed by atoms with Gasteiger partial charge in [0.1, 0.15) is 11.4 Å². The highest BCUT2D eigenvalue weighted by Gasteiger charge is 2.18. The second-order valence-corrected chi connectivity index (χ2v) is 5.43. The van der Waals surface area contributed by atoms with Gasteiger partial charge in [0.05, 0.1) is 18.2 Å². The molecule has 0 aliphatic carbocycles. The van der Waals surface area contributed by atoms with Crippen LogP contribution in [0.3, 0.4) is 0 Å². The number of pyridine rings is 1. The highest BCUT2D eigenvalue weighted by Crippen LogP contribution is 2.18. The molecule has 1 atom stereocenters. The zero-order valence-corrected chi connectivity index (χ0v) is 13.6. The minimum absolute atomic E-state index is 0.175. The summed E-state index contributed by atoms with van der Waals surface area (Å²) in [6, 6.07) is 3.25. The van der Waals surface area contributed by atoms with Crippen LogP contribution < -0.4 is 5.32 Å². The Kier molecular flexibility index (Phi) is 5.91. The Balaban J connectivity index is 2.10. The van der Waals surface area contributed by atoms with E-state index in [9.17, 15) is 4.79 Å². The number of thioether (sulfide) groups is 1. The molecule has 1 N–H and O–H groups in total. The summed E-state index contributed by atoms with van der Waals surface area (Å²) in [7, 11) is 1.64. The summed E-state index contributed by atoms with van der Waals surface area (Å²) >= 11 is 1.44. The fourth-order valence-corrected chi connectivity index (χ4v) is 2.57. The number of aromatic nitrogens is 4. The van der Waals surface area contributed by atoms with E-state index >= 15 is 0 Å². The Morgan fingerprint density at radius 2 is 2.36 bits per heavy atom. The van der Waals surface area contributed by atoms with Crippen molar-refractivity contribution in [1.29, 1.82) is 0 Å². The molecule has 7 nitrogen and oxygen atoms in total. The fraction of sp³-hybridized carbons (Fsp3) is 0.429. The molecule has 1 unspecified atom stereocenters. The van der Waals surface area contributed by atoms with Gasteiger partial charge in [-0.1, -0.05) is 0 Å². The van der Waals surface area contributed by atoms with Gasteiger partial charge < -0.3 is 14.6 Å². The molecule has 1 amide bonds. The Morgan fingerprint density at radius 3 is 3.09 bits per heavy atom. The zero-order valence-electron chi connectivity index (χ0n) is 12.8. The molecule has 0 spiro atoms. The third-order valence-corrected chi connectivity index (χ3v) is 3.84. The van der Waals surface area contributed by atoms with E-state index in [2.05, 4.69) is 20.5 Å².